The normalized spacial score (nSPS) is 18.2. The van der Waals surface area contributed by atoms with Crippen LogP contribution in [-0.2, 0) is 0 Å². The number of nitrogens with zero attached hydrogens (tertiary/aromatic N) is 2. The van der Waals surface area contributed by atoms with Crippen LogP contribution in [0, 0.1) is 6.92 Å². The molecule has 2 atom stereocenters. The lowest BCUT2D eigenvalue weighted by Gasteiger charge is -2.13. The van der Waals surface area contributed by atoms with Gasteiger partial charge in [0.15, 0.2) is 0 Å². The lowest BCUT2D eigenvalue weighted by Crippen LogP contribution is -2.29. The smallest absolute Gasteiger partial charge is 0.264 e. The van der Waals surface area contributed by atoms with Crippen LogP contribution < -0.4 is 10.1 Å². The standard InChI is InChI=1S/C23H21N3O5S2/c1-11-20(22(29)24-2)13-4-3-12(7-18(13)32-11)31-17-5-6-25-14-8-19(33-21(14)17)23(30)26-9-15(27)16(28)10-26/h3-8,15-16,27-28H,9-10H2,1-2H3,(H,24,29)/t15-,16+. The zero-order valence-corrected chi connectivity index (χ0v) is 19.5. The lowest BCUT2D eigenvalue weighted by molar-refractivity contribution is 0.0572. The summed E-state index contributed by atoms with van der Waals surface area (Å²) in [7, 11) is 1.62. The molecule has 3 aromatic heterocycles. The van der Waals surface area contributed by atoms with Gasteiger partial charge in [-0.25, -0.2) is 0 Å². The van der Waals surface area contributed by atoms with Crippen LogP contribution in [0.4, 0.5) is 0 Å². The first kappa shape index (κ1) is 21.8. The van der Waals surface area contributed by atoms with Gasteiger partial charge in [0.1, 0.15) is 11.5 Å². The van der Waals surface area contributed by atoms with Crippen molar-refractivity contribution in [1.29, 1.82) is 0 Å². The number of hydrogen-bond donors (Lipinski definition) is 3. The van der Waals surface area contributed by atoms with E-state index in [-0.39, 0.29) is 24.9 Å². The van der Waals surface area contributed by atoms with E-state index in [0.717, 1.165) is 19.7 Å². The topological polar surface area (TPSA) is 112 Å². The molecule has 0 bridgehead atoms. The number of amides is 2. The van der Waals surface area contributed by atoms with Crippen LogP contribution in [0.25, 0.3) is 20.3 Å². The fourth-order valence-electron chi connectivity index (χ4n) is 3.99. The highest BCUT2D eigenvalue weighted by molar-refractivity contribution is 7.21. The van der Waals surface area contributed by atoms with E-state index < -0.39 is 12.2 Å². The fraction of sp³-hybridized carbons (Fsp3) is 0.261. The SMILES string of the molecule is CNC(=O)c1c(C)sc2cc(Oc3ccnc4cc(C(=O)N5C[C@@H](O)[C@@H](O)C5)sc34)ccc12. The molecule has 10 heteroatoms. The number of β-amino-alcohol motifs (C(OH)–C–C–N with tert-alkyl or cyclic N) is 2. The number of carbonyl (C=O) groups excluding carboxylic acids is 2. The molecule has 0 spiro atoms. The van der Waals surface area contributed by atoms with E-state index >= 15 is 0 Å². The summed E-state index contributed by atoms with van der Waals surface area (Å²) < 4.78 is 7.84. The fourth-order valence-corrected chi connectivity index (χ4v) is 6.11. The summed E-state index contributed by atoms with van der Waals surface area (Å²) >= 11 is 2.80. The van der Waals surface area contributed by atoms with Gasteiger partial charge in [-0.3, -0.25) is 14.6 Å². The molecule has 170 valence electrons. The summed E-state index contributed by atoms with van der Waals surface area (Å²) in [5, 5.41) is 23.1. The molecule has 0 saturated carbocycles. The van der Waals surface area contributed by atoms with Crippen LogP contribution >= 0.6 is 22.7 Å². The molecule has 4 heterocycles. The molecular weight excluding hydrogens is 462 g/mol. The summed E-state index contributed by atoms with van der Waals surface area (Å²) in [4.78, 5) is 32.3. The summed E-state index contributed by atoms with van der Waals surface area (Å²) in [5.41, 5.74) is 1.31. The van der Waals surface area contributed by atoms with Gasteiger partial charge in [-0.1, -0.05) is 0 Å². The molecule has 1 fully saturated rings. The Bertz CT molecular complexity index is 1390. The summed E-state index contributed by atoms with van der Waals surface area (Å²) in [6, 6.07) is 9.05. The van der Waals surface area contributed by atoms with Gasteiger partial charge >= 0.3 is 0 Å². The van der Waals surface area contributed by atoms with Crippen LogP contribution in [0.2, 0.25) is 0 Å². The molecule has 5 rings (SSSR count). The number of fused-ring (bicyclic) bond motifs is 2. The van der Waals surface area contributed by atoms with Crippen LogP contribution in [0.1, 0.15) is 24.9 Å². The van der Waals surface area contributed by atoms with Gasteiger partial charge in [0.25, 0.3) is 11.8 Å². The number of pyridine rings is 1. The maximum absolute atomic E-state index is 12.9. The van der Waals surface area contributed by atoms with Crippen molar-refractivity contribution in [3.8, 4) is 11.5 Å². The van der Waals surface area contributed by atoms with Crippen molar-refractivity contribution < 1.29 is 24.5 Å². The molecule has 0 aliphatic carbocycles. The Morgan fingerprint density at radius 2 is 1.91 bits per heavy atom. The van der Waals surface area contributed by atoms with Crippen molar-refractivity contribution in [2.45, 2.75) is 19.1 Å². The zero-order chi connectivity index (χ0) is 23.3. The average Bonchev–Trinajstić information content (AvgIpc) is 3.47. The van der Waals surface area contributed by atoms with Crippen molar-refractivity contribution in [2.24, 2.45) is 0 Å². The van der Waals surface area contributed by atoms with E-state index in [1.54, 1.807) is 25.4 Å². The van der Waals surface area contributed by atoms with Gasteiger partial charge in [0, 0.05) is 47.4 Å². The number of likely N-dealkylation sites (tertiary alicyclic amines) is 1. The maximum Gasteiger partial charge on any atom is 0.264 e. The highest BCUT2D eigenvalue weighted by Gasteiger charge is 2.33. The van der Waals surface area contributed by atoms with Crippen molar-refractivity contribution in [3.05, 3.63) is 51.8 Å². The number of aromatic nitrogens is 1. The minimum Gasteiger partial charge on any atom is -0.456 e. The van der Waals surface area contributed by atoms with Gasteiger partial charge in [-0.05, 0) is 31.2 Å². The Morgan fingerprint density at radius 3 is 2.64 bits per heavy atom. The summed E-state index contributed by atoms with van der Waals surface area (Å²) in [5.74, 6) is 0.824. The zero-order valence-electron chi connectivity index (χ0n) is 17.9. The Balaban J connectivity index is 1.45. The first-order valence-electron chi connectivity index (χ1n) is 10.3. The lowest BCUT2D eigenvalue weighted by atomic mass is 10.1. The van der Waals surface area contributed by atoms with E-state index in [1.807, 2.05) is 25.1 Å². The Kier molecular flexibility index (Phi) is 5.53. The first-order valence-corrected chi connectivity index (χ1v) is 12.0. The average molecular weight is 484 g/mol. The molecule has 2 amide bonds. The van der Waals surface area contributed by atoms with Crippen molar-refractivity contribution in [3.63, 3.8) is 0 Å². The second-order valence-electron chi connectivity index (χ2n) is 7.85. The first-order chi connectivity index (χ1) is 15.9. The number of aryl methyl sites for hydroxylation is 1. The molecule has 1 saturated heterocycles. The predicted octanol–water partition coefficient (Wildman–Crippen LogP) is 3.15. The monoisotopic (exact) mass is 483 g/mol. The van der Waals surface area contributed by atoms with Gasteiger partial charge in [-0.2, -0.15) is 0 Å². The molecule has 1 aromatic carbocycles. The van der Waals surface area contributed by atoms with E-state index in [1.165, 1.54) is 27.6 Å². The molecule has 3 N–H and O–H groups in total. The second kappa shape index (κ2) is 8.38. The second-order valence-corrected chi connectivity index (χ2v) is 10.2. The van der Waals surface area contributed by atoms with E-state index in [2.05, 4.69) is 10.3 Å². The van der Waals surface area contributed by atoms with Gasteiger partial charge in [0.05, 0.1) is 32.9 Å². The van der Waals surface area contributed by atoms with Crippen LogP contribution in [0.15, 0.2) is 36.5 Å². The van der Waals surface area contributed by atoms with Crippen molar-refractivity contribution >= 4 is 54.8 Å². The minimum atomic E-state index is -0.930. The van der Waals surface area contributed by atoms with Gasteiger partial charge in [0.2, 0.25) is 0 Å². The predicted molar refractivity (Wildman–Crippen MR) is 128 cm³/mol. The van der Waals surface area contributed by atoms with Crippen molar-refractivity contribution in [2.75, 3.05) is 20.1 Å². The molecule has 0 radical (unpaired) electrons. The Morgan fingerprint density at radius 1 is 1.15 bits per heavy atom. The molecular formula is C23H21N3O5S2. The molecule has 1 aliphatic rings. The minimum absolute atomic E-state index is 0.101. The number of ether oxygens (including phenoxy) is 1. The Hall–Kier alpha value is -3.05. The van der Waals surface area contributed by atoms with E-state index in [4.69, 9.17) is 4.74 Å². The third-order valence-corrected chi connectivity index (χ3v) is 7.85. The molecule has 8 nitrogen and oxygen atoms in total. The van der Waals surface area contributed by atoms with Crippen molar-refractivity contribution in [1.82, 2.24) is 15.2 Å². The maximum atomic E-state index is 12.9. The summed E-state index contributed by atoms with van der Waals surface area (Å²) in [6.45, 7) is 2.12. The summed E-state index contributed by atoms with van der Waals surface area (Å²) in [6.07, 6.45) is -0.236. The number of nitrogens with one attached hydrogen (secondary N) is 1. The number of hydrogen-bond acceptors (Lipinski definition) is 8. The highest BCUT2D eigenvalue weighted by atomic mass is 32.1. The number of rotatable bonds is 4. The molecule has 0 unspecified atom stereocenters. The van der Waals surface area contributed by atoms with Gasteiger partial charge in [-0.15, -0.1) is 22.7 Å². The highest BCUT2D eigenvalue weighted by Crippen LogP contribution is 2.38. The number of aliphatic hydroxyl groups excluding tert-OH is 2. The quantitative estimate of drug-likeness (QED) is 0.411. The Labute approximate surface area is 197 Å². The van der Waals surface area contributed by atoms with Crippen LogP contribution in [0.3, 0.4) is 0 Å². The number of thiophene rings is 2. The van der Waals surface area contributed by atoms with Gasteiger partial charge < -0.3 is 25.2 Å². The van der Waals surface area contributed by atoms with E-state index in [0.29, 0.717) is 27.5 Å². The number of carbonyl (C=O) groups is 2. The molecule has 1 aliphatic heterocycles. The van der Waals surface area contributed by atoms with Crippen LogP contribution in [-0.4, -0.2) is 64.3 Å². The van der Waals surface area contributed by atoms with Crippen LogP contribution in [0.5, 0.6) is 11.5 Å². The largest absolute Gasteiger partial charge is 0.456 e. The number of benzene rings is 1. The molecule has 4 aromatic rings. The molecule has 33 heavy (non-hydrogen) atoms. The van der Waals surface area contributed by atoms with E-state index in [9.17, 15) is 19.8 Å². The number of aliphatic hydroxyl groups is 2. The third kappa shape index (κ3) is 3.84. The third-order valence-electron chi connectivity index (χ3n) is 5.65.